The summed E-state index contributed by atoms with van der Waals surface area (Å²) in [6.45, 7) is -0.401. The van der Waals surface area contributed by atoms with Crippen molar-refractivity contribution in [2.75, 3.05) is 0 Å². The van der Waals surface area contributed by atoms with E-state index in [9.17, 15) is 14.4 Å². The highest BCUT2D eigenvalue weighted by molar-refractivity contribution is 6.06. The van der Waals surface area contributed by atoms with Crippen molar-refractivity contribution in [2.45, 2.75) is 6.54 Å². The number of carbonyl (C=O) groups excluding carboxylic acids is 1. The molecular formula is C24H18ClN5O4. The number of amides is 1. The second kappa shape index (κ2) is 10.4. The highest BCUT2D eigenvalue weighted by Crippen LogP contribution is 2.24. The SMILES string of the molecule is Cl.NNC(=O)c1cc(-c2ccc(C#Cc3ccn(CC(=O)O)c(=O)c3)cc2)nc2ccncc12. The summed E-state index contributed by atoms with van der Waals surface area (Å²) >= 11 is 0. The van der Waals surface area contributed by atoms with Crippen molar-refractivity contribution in [2.24, 2.45) is 5.84 Å². The van der Waals surface area contributed by atoms with Crippen molar-refractivity contribution in [3.8, 4) is 23.1 Å². The molecule has 0 unspecified atom stereocenters. The first-order chi connectivity index (χ1) is 15.9. The van der Waals surface area contributed by atoms with Crippen LogP contribution in [0.15, 0.2) is 71.9 Å². The summed E-state index contributed by atoms with van der Waals surface area (Å²) in [5.74, 6) is 9.66. The molecule has 3 heterocycles. The van der Waals surface area contributed by atoms with Crippen LogP contribution in [0, 0.1) is 11.8 Å². The molecule has 1 aromatic carbocycles. The van der Waals surface area contributed by atoms with E-state index in [0.717, 1.165) is 10.1 Å². The van der Waals surface area contributed by atoms with Gasteiger partial charge in [0.2, 0.25) is 0 Å². The fourth-order valence-corrected chi connectivity index (χ4v) is 3.21. The number of pyridine rings is 3. The third-order valence-electron chi connectivity index (χ3n) is 4.82. The van der Waals surface area contributed by atoms with Gasteiger partial charge < -0.3 is 9.67 Å². The highest BCUT2D eigenvalue weighted by Gasteiger charge is 2.13. The topological polar surface area (TPSA) is 140 Å². The highest BCUT2D eigenvalue weighted by atomic mass is 35.5. The van der Waals surface area contributed by atoms with Gasteiger partial charge in [-0.15, -0.1) is 12.4 Å². The normalized spacial score (nSPS) is 10.0. The fraction of sp³-hybridized carbons (Fsp3) is 0.0417. The first-order valence-electron chi connectivity index (χ1n) is 9.75. The van der Waals surface area contributed by atoms with Crippen LogP contribution in [-0.4, -0.2) is 31.5 Å². The van der Waals surface area contributed by atoms with Crippen molar-refractivity contribution in [1.82, 2.24) is 20.0 Å². The Hall–Kier alpha value is -4.52. The third-order valence-corrected chi connectivity index (χ3v) is 4.82. The van der Waals surface area contributed by atoms with Crippen LogP contribution in [0.25, 0.3) is 22.2 Å². The van der Waals surface area contributed by atoms with Crippen LogP contribution in [-0.2, 0) is 11.3 Å². The molecular weight excluding hydrogens is 458 g/mol. The number of aliphatic carboxylic acids is 1. The summed E-state index contributed by atoms with van der Waals surface area (Å²) < 4.78 is 1.09. The number of fused-ring (bicyclic) bond motifs is 1. The molecule has 0 radical (unpaired) electrons. The minimum absolute atomic E-state index is 0. The van der Waals surface area contributed by atoms with E-state index in [-0.39, 0.29) is 12.4 Å². The number of halogens is 1. The quantitative estimate of drug-likeness (QED) is 0.177. The first-order valence-corrected chi connectivity index (χ1v) is 9.75. The zero-order chi connectivity index (χ0) is 23.4. The number of carboxylic acids is 1. The molecule has 0 aliphatic rings. The van der Waals surface area contributed by atoms with Crippen LogP contribution in [0.1, 0.15) is 21.5 Å². The molecule has 10 heteroatoms. The van der Waals surface area contributed by atoms with Crippen LogP contribution in [0.2, 0.25) is 0 Å². The molecule has 4 N–H and O–H groups in total. The van der Waals surface area contributed by atoms with Crippen molar-refractivity contribution < 1.29 is 14.7 Å². The van der Waals surface area contributed by atoms with Gasteiger partial charge in [0, 0.05) is 46.7 Å². The van der Waals surface area contributed by atoms with Gasteiger partial charge in [0.15, 0.2) is 0 Å². The number of nitrogen functional groups attached to an aromatic ring is 1. The number of benzene rings is 1. The summed E-state index contributed by atoms with van der Waals surface area (Å²) in [7, 11) is 0. The number of carboxylic acid groups (broad SMARTS) is 1. The van der Waals surface area contributed by atoms with Crippen molar-refractivity contribution in [3.05, 3.63) is 94.2 Å². The number of hydrogen-bond donors (Lipinski definition) is 3. The maximum atomic E-state index is 12.2. The van der Waals surface area contributed by atoms with Gasteiger partial charge in [-0.25, -0.2) is 10.8 Å². The van der Waals surface area contributed by atoms with Crippen molar-refractivity contribution in [3.63, 3.8) is 0 Å². The molecule has 1 amide bonds. The zero-order valence-corrected chi connectivity index (χ0v) is 18.4. The number of nitrogens with zero attached hydrogens (tertiary/aromatic N) is 3. The number of aromatic nitrogens is 3. The molecule has 0 saturated carbocycles. The molecule has 0 aliphatic carbocycles. The standard InChI is InChI=1S/C24H17N5O4.ClH/c25-28-24(33)18-12-21(27-20-7-9-26-13-19(18)20)17-5-3-15(4-6-17)1-2-16-8-10-29(14-23(31)32)22(30)11-16;/h3-13H,14,25H2,(H,28,33)(H,31,32);1H. The van der Waals surface area contributed by atoms with Crippen LogP contribution in [0.5, 0.6) is 0 Å². The Kier molecular flexibility index (Phi) is 7.38. The lowest BCUT2D eigenvalue weighted by molar-refractivity contribution is -0.137. The van der Waals surface area contributed by atoms with E-state index in [0.29, 0.717) is 33.3 Å². The Morgan fingerprint density at radius 1 is 1.06 bits per heavy atom. The summed E-state index contributed by atoms with van der Waals surface area (Å²) in [6, 6.07) is 13.5. The van der Waals surface area contributed by atoms with Gasteiger partial charge in [-0.1, -0.05) is 24.0 Å². The summed E-state index contributed by atoms with van der Waals surface area (Å²) in [4.78, 5) is 43.6. The maximum absolute atomic E-state index is 12.2. The van der Waals surface area contributed by atoms with E-state index >= 15 is 0 Å². The molecule has 4 rings (SSSR count). The lowest BCUT2D eigenvalue weighted by Crippen LogP contribution is -2.30. The Morgan fingerprint density at radius 2 is 1.79 bits per heavy atom. The molecule has 0 spiro atoms. The molecule has 0 atom stereocenters. The van der Waals surface area contributed by atoms with Crippen LogP contribution in [0.3, 0.4) is 0 Å². The van der Waals surface area contributed by atoms with Crippen LogP contribution in [0.4, 0.5) is 0 Å². The fourth-order valence-electron chi connectivity index (χ4n) is 3.21. The van der Waals surface area contributed by atoms with E-state index in [1.807, 2.05) is 12.1 Å². The third kappa shape index (κ3) is 5.27. The monoisotopic (exact) mass is 475 g/mol. The van der Waals surface area contributed by atoms with Crippen molar-refractivity contribution >= 4 is 35.2 Å². The van der Waals surface area contributed by atoms with Crippen molar-refractivity contribution in [1.29, 1.82) is 0 Å². The first kappa shape index (κ1) is 24.1. The molecule has 4 aromatic rings. The molecule has 0 aliphatic heterocycles. The van der Waals surface area contributed by atoms with Gasteiger partial charge in [0.1, 0.15) is 6.54 Å². The van der Waals surface area contributed by atoms with E-state index in [1.54, 1.807) is 42.7 Å². The lowest BCUT2D eigenvalue weighted by atomic mass is 10.0. The predicted molar refractivity (Wildman–Crippen MR) is 128 cm³/mol. The molecule has 9 nitrogen and oxygen atoms in total. The van der Waals surface area contributed by atoms with Gasteiger partial charge in [-0.3, -0.25) is 24.8 Å². The lowest BCUT2D eigenvalue weighted by Gasteiger charge is -2.08. The van der Waals surface area contributed by atoms with E-state index < -0.39 is 24.0 Å². The van der Waals surface area contributed by atoms with Gasteiger partial charge >= 0.3 is 5.97 Å². The summed E-state index contributed by atoms with van der Waals surface area (Å²) in [5, 5.41) is 9.40. The number of hydrogen-bond acceptors (Lipinski definition) is 6. The predicted octanol–water partition coefficient (Wildman–Crippen LogP) is 1.97. The van der Waals surface area contributed by atoms with E-state index in [2.05, 4.69) is 27.2 Å². The van der Waals surface area contributed by atoms with Crippen LogP contribution >= 0.6 is 12.4 Å². The number of rotatable bonds is 4. The summed E-state index contributed by atoms with van der Waals surface area (Å²) in [6.07, 6.45) is 4.57. The Labute approximate surface area is 199 Å². The Balaban J connectivity index is 0.00000324. The number of carbonyl (C=O) groups is 2. The van der Waals surface area contributed by atoms with Gasteiger partial charge in [0.25, 0.3) is 11.5 Å². The molecule has 0 bridgehead atoms. The number of hydrazine groups is 1. The molecule has 0 saturated heterocycles. The molecule has 0 fully saturated rings. The maximum Gasteiger partial charge on any atom is 0.323 e. The van der Waals surface area contributed by atoms with E-state index in [4.69, 9.17) is 10.9 Å². The average molecular weight is 476 g/mol. The number of nitrogens with two attached hydrogens (primary N) is 1. The average Bonchev–Trinajstić information content (AvgIpc) is 2.83. The largest absolute Gasteiger partial charge is 0.480 e. The van der Waals surface area contributed by atoms with Gasteiger partial charge in [0.05, 0.1) is 16.8 Å². The van der Waals surface area contributed by atoms with Gasteiger partial charge in [-0.05, 0) is 30.3 Å². The van der Waals surface area contributed by atoms with E-state index in [1.165, 1.54) is 12.3 Å². The molecule has 34 heavy (non-hydrogen) atoms. The Bertz CT molecular complexity index is 1500. The van der Waals surface area contributed by atoms with Gasteiger partial charge in [-0.2, -0.15) is 0 Å². The van der Waals surface area contributed by atoms with Crippen LogP contribution < -0.4 is 16.8 Å². The second-order valence-electron chi connectivity index (χ2n) is 7.02. The Morgan fingerprint density at radius 3 is 2.47 bits per heavy atom. The molecule has 3 aromatic heterocycles. The summed E-state index contributed by atoms with van der Waals surface area (Å²) in [5.41, 5.74) is 5.25. The minimum atomic E-state index is -1.09. The minimum Gasteiger partial charge on any atom is -0.480 e. The zero-order valence-electron chi connectivity index (χ0n) is 17.6. The second-order valence-corrected chi connectivity index (χ2v) is 7.02. The smallest absolute Gasteiger partial charge is 0.323 e. The molecule has 170 valence electrons. The number of nitrogens with one attached hydrogen (secondary N) is 1.